The minimum atomic E-state index is -0.130. The average Bonchev–Trinajstić information content (AvgIpc) is 3.68. The molecule has 7 nitrogen and oxygen atoms in total. The van der Waals surface area contributed by atoms with Gasteiger partial charge in [0.05, 0.1) is 24.0 Å². The fraction of sp³-hybridized carbons (Fsp3) is 0.571. The number of carbonyl (C=O) groups is 1. The third-order valence-corrected chi connectivity index (χ3v) is 10.8. The number of nitrogens with zero attached hydrogens (tertiary/aromatic N) is 4. The highest BCUT2D eigenvalue weighted by atomic mass is 32.2. The Morgan fingerprint density at radius 2 is 2.18 bits per heavy atom. The van der Waals surface area contributed by atoms with Gasteiger partial charge in [-0.3, -0.25) is 9.36 Å². The van der Waals surface area contributed by atoms with Crippen LogP contribution >= 0.6 is 34.4 Å². The number of rotatable bonds is 8. The Morgan fingerprint density at radius 3 is 2.87 bits per heavy atom. The van der Waals surface area contributed by atoms with Gasteiger partial charge in [0.1, 0.15) is 11.1 Å². The highest BCUT2D eigenvalue weighted by molar-refractivity contribution is 7.99. The Kier molecular flexibility index (Phi) is 8.29. The molecule has 38 heavy (non-hydrogen) atoms. The van der Waals surface area contributed by atoms with Crippen LogP contribution < -0.4 is 5.32 Å². The number of ether oxygens (including phenoxy) is 1. The SMILES string of the molecule is CCc1cc(-c2nnc(SCC(=O)Nc3sc4c(c3C#N)CCC(C(C)(C)C)C4)n2CC2CCCO2)cs1. The van der Waals surface area contributed by atoms with Gasteiger partial charge in [-0.15, -0.1) is 32.9 Å². The van der Waals surface area contributed by atoms with Crippen LogP contribution in [-0.4, -0.2) is 39.1 Å². The van der Waals surface area contributed by atoms with E-state index in [-0.39, 0.29) is 23.2 Å². The number of thiophene rings is 2. The topological polar surface area (TPSA) is 92.8 Å². The van der Waals surface area contributed by atoms with E-state index >= 15 is 0 Å². The van der Waals surface area contributed by atoms with Crippen molar-refractivity contribution in [1.82, 2.24) is 14.8 Å². The van der Waals surface area contributed by atoms with E-state index in [4.69, 9.17) is 4.74 Å². The zero-order valence-corrected chi connectivity index (χ0v) is 25.0. The van der Waals surface area contributed by atoms with Crippen molar-refractivity contribution in [3.05, 3.63) is 32.3 Å². The van der Waals surface area contributed by atoms with Crippen molar-refractivity contribution < 1.29 is 9.53 Å². The molecule has 1 aliphatic carbocycles. The molecule has 1 N–H and O–H groups in total. The molecule has 4 heterocycles. The third-order valence-electron chi connectivity index (χ3n) is 7.57. The summed E-state index contributed by atoms with van der Waals surface area (Å²) in [6.07, 6.45) is 6.15. The van der Waals surface area contributed by atoms with Crippen LogP contribution in [0.25, 0.3) is 11.4 Å². The van der Waals surface area contributed by atoms with Gasteiger partial charge in [-0.25, -0.2) is 0 Å². The second-order valence-electron chi connectivity index (χ2n) is 11.2. The molecule has 1 fully saturated rings. The predicted molar refractivity (Wildman–Crippen MR) is 155 cm³/mol. The number of thioether (sulfide) groups is 1. The summed E-state index contributed by atoms with van der Waals surface area (Å²) in [5.41, 5.74) is 3.06. The fourth-order valence-electron chi connectivity index (χ4n) is 5.27. The molecule has 3 aromatic heterocycles. The molecule has 1 amide bonds. The number of nitriles is 1. The summed E-state index contributed by atoms with van der Waals surface area (Å²) >= 11 is 4.69. The molecule has 5 rings (SSSR count). The summed E-state index contributed by atoms with van der Waals surface area (Å²) in [5, 5.41) is 25.4. The summed E-state index contributed by atoms with van der Waals surface area (Å²) < 4.78 is 8.01. The van der Waals surface area contributed by atoms with E-state index in [2.05, 4.69) is 65.3 Å². The van der Waals surface area contributed by atoms with Crippen LogP contribution in [0.5, 0.6) is 0 Å². The van der Waals surface area contributed by atoms with Gasteiger partial charge in [0, 0.05) is 27.3 Å². The molecule has 0 radical (unpaired) electrons. The Hall–Kier alpha value is -2.19. The average molecular weight is 570 g/mol. The van der Waals surface area contributed by atoms with Gasteiger partial charge >= 0.3 is 0 Å². The van der Waals surface area contributed by atoms with E-state index in [1.165, 1.54) is 21.5 Å². The highest BCUT2D eigenvalue weighted by Crippen LogP contribution is 2.44. The Bertz CT molecular complexity index is 1340. The van der Waals surface area contributed by atoms with E-state index in [1.54, 1.807) is 22.7 Å². The number of fused-ring (bicyclic) bond motifs is 1. The lowest BCUT2D eigenvalue weighted by atomic mass is 9.72. The van der Waals surface area contributed by atoms with Crippen LogP contribution in [0.4, 0.5) is 5.00 Å². The van der Waals surface area contributed by atoms with Crippen LogP contribution in [0.2, 0.25) is 0 Å². The van der Waals surface area contributed by atoms with Gasteiger partial charge in [-0.1, -0.05) is 39.5 Å². The second kappa shape index (κ2) is 11.5. The van der Waals surface area contributed by atoms with Gasteiger partial charge in [-0.2, -0.15) is 5.26 Å². The first-order valence-electron chi connectivity index (χ1n) is 13.4. The Labute approximate surface area is 237 Å². The van der Waals surface area contributed by atoms with Crippen molar-refractivity contribution >= 4 is 45.3 Å². The lowest BCUT2D eigenvalue weighted by molar-refractivity contribution is -0.113. The van der Waals surface area contributed by atoms with E-state index in [0.717, 1.165) is 62.1 Å². The molecule has 0 bridgehead atoms. The monoisotopic (exact) mass is 569 g/mol. The summed E-state index contributed by atoms with van der Waals surface area (Å²) in [6.45, 7) is 10.5. The number of aromatic nitrogens is 3. The maximum absolute atomic E-state index is 13.1. The largest absolute Gasteiger partial charge is 0.376 e. The van der Waals surface area contributed by atoms with E-state index < -0.39 is 0 Å². The number of nitrogens with one attached hydrogen (secondary N) is 1. The number of amides is 1. The van der Waals surface area contributed by atoms with Crippen LogP contribution in [0, 0.1) is 22.7 Å². The molecule has 0 aromatic carbocycles. The smallest absolute Gasteiger partial charge is 0.235 e. The van der Waals surface area contributed by atoms with Crippen molar-refractivity contribution in [1.29, 1.82) is 5.26 Å². The summed E-state index contributed by atoms with van der Waals surface area (Å²) in [5.74, 6) is 1.48. The summed E-state index contributed by atoms with van der Waals surface area (Å²) in [7, 11) is 0. The molecule has 0 saturated carbocycles. The first-order valence-corrected chi connectivity index (χ1v) is 16.0. The molecular formula is C28H35N5O2S3. The molecule has 1 aliphatic heterocycles. The summed E-state index contributed by atoms with van der Waals surface area (Å²) in [4.78, 5) is 15.6. The maximum Gasteiger partial charge on any atom is 0.235 e. The van der Waals surface area contributed by atoms with E-state index in [1.807, 2.05) is 0 Å². The zero-order chi connectivity index (χ0) is 26.9. The molecule has 10 heteroatoms. The lowest BCUT2D eigenvalue weighted by Crippen LogP contribution is -2.26. The van der Waals surface area contributed by atoms with Gasteiger partial charge in [0.25, 0.3) is 0 Å². The van der Waals surface area contributed by atoms with Crippen molar-refractivity contribution in [3.63, 3.8) is 0 Å². The van der Waals surface area contributed by atoms with Crippen LogP contribution in [0.1, 0.15) is 67.8 Å². The van der Waals surface area contributed by atoms with Crippen molar-refractivity contribution in [2.45, 2.75) is 84.0 Å². The van der Waals surface area contributed by atoms with E-state index in [9.17, 15) is 10.1 Å². The zero-order valence-electron chi connectivity index (χ0n) is 22.5. The Morgan fingerprint density at radius 1 is 1.34 bits per heavy atom. The molecule has 2 unspecified atom stereocenters. The molecule has 2 aliphatic rings. The minimum Gasteiger partial charge on any atom is -0.376 e. The van der Waals surface area contributed by atoms with Crippen LogP contribution in [0.3, 0.4) is 0 Å². The summed E-state index contributed by atoms with van der Waals surface area (Å²) in [6, 6.07) is 4.54. The normalized spacial score (nSPS) is 19.3. The molecule has 202 valence electrons. The number of hydrogen-bond acceptors (Lipinski definition) is 8. The first-order chi connectivity index (χ1) is 18.3. The van der Waals surface area contributed by atoms with Gasteiger partial charge < -0.3 is 10.1 Å². The number of anilines is 1. The molecule has 3 aromatic rings. The second-order valence-corrected chi connectivity index (χ2v) is 14.2. The third kappa shape index (κ3) is 5.86. The lowest BCUT2D eigenvalue weighted by Gasteiger charge is -2.33. The van der Waals surface area contributed by atoms with Gasteiger partial charge in [0.2, 0.25) is 5.91 Å². The van der Waals surface area contributed by atoms with Crippen LogP contribution in [-0.2, 0) is 35.3 Å². The first kappa shape index (κ1) is 27.4. The van der Waals surface area contributed by atoms with Crippen molar-refractivity contribution in [2.75, 3.05) is 17.7 Å². The number of aryl methyl sites for hydroxylation is 1. The molecule has 2 atom stereocenters. The van der Waals surface area contributed by atoms with Crippen LogP contribution in [0.15, 0.2) is 16.6 Å². The number of hydrogen-bond donors (Lipinski definition) is 1. The minimum absolute atomic E-state index is 0.130. The molecule has 0 spiro atoms. The van der Waals surface area contributed by atoms with Crippen molar-refractivity contribution in [2.24, 2.45) is 11.3 Å². The van der Waals surface area contributed by atoms with Gasteiger partial charge in [0.15, 0.2) is 11.0 Å². The standard InChI is InChI=1S/C28H35N5O2S3/c1-5-20-11-17(15-36-20)25-31-32-27(33(25)14-19-7-6-10-35-19)37-16-24(34)30-26-22(13-29)21-9-8-18(28(2,3)4)12-23(21)38-26/h11,15,18-19H,5-10,12,14,16H2,1-4H3,(H,30,34). The quantitative estimate of drug-likeness (QED) is 0.309. The molecule has 1 saturated heterocycles. The highest BCUT2D eigenvalue weighted by Gasteiger charge is 2.32. The molecular weight excluding hydrogens is 535 g/mol. The fourth-order valence-corrected chi connectivity index (χ4v) is 8.13. The maximum atomic E-state index is 13.1. The Balaban J connectivity index is 1.30. The van der Waals surface area contributed by atoms with Gasteiger partial charge in [-0.05, 0) is 61.5 Å². The number of carbonyl (C=O) groups excluding carboxylic acids is 1. The predicted octanol–water partition coefficient (Wildman–Crippen LogP) is 6.56. The van der Waals surface area contributed by atoms with E-state index in [0.29, 0.717) is 28.2 Å². The van der Waals surface area contributed by atoms with Crippen molar-refractivity contribution in [3.8, 4) is 17.5 Å².